The first-order valence-electron chi connectivity index (χ1n) is 6.85. The number of halogens is 1. The van der Waals surface area contributed by atoms with Gasteiger partial charge in [-0.05, 0) is 55.8 Å². The summed E-state index contributed by atoms with van der Waals surface area (Å²) in [6, 6.07) is 11.6. The average molecular weight is 340 g/mol. The summed E-state index contributed by atoms with van der Waals surface area (Å²) in [4.78, 5) is 0.206. The smallest absolute Gasteiger partial charge is 0.264 e. The third-order valence-electron chi connectivity index (χ3n) is 3.37. The standard InChI is InChI=1S/C16H18ClNO3S/c1-4-21-13-8-10-14(11-9-13)22(19,20)18(3)16-7-5-6-15(17)12(16)2/h5-11H,4H2,1-3H3. The third kappa shape index (κ3) is 3.20. The van der Waals surface area contributed by atoms with Gasteiger partial charge in [0, 0.05) is 12.1 Å². The van der Waals surface area contributed by atoms with E-state index in [1.54, 1.807) is 37.3 Å². The van der Waals surface area contributed by atoms with Crippen molar-refractivity contribution in [2.24, 2.45) is 0 Å². The third-order valence-corrected chi connectivity index (χ3v) is 5.57. The molecule has 0 aliphatic heterocycles. The summed E-state index contributed by atoms with van der Waals surface area (Å²) < 4.78 is 32.0. The van der Waals surface area contributed by atoms with Crippen LogP contribution in [0.1, 0.15) is 12.5 Å². The Morgan fingerprint density at radius 2 is 1.77 bits per heavy atom. The van der Waals surface area contributed by atoms with Crippen LogP contribution in [0.5, 0.6) is 5.75 Å². The van der Waals surface area contributed by atoms with Crippen LogP contribution in [0.15, 0.2) is 47.4 Å². The lowest BCUT2D eigenvalue weighted by atomic mass is 10.2. The molecule has 0 spiro atoms. The van der Waals surface area contributed by atoms with Gasteiger partial charge >= 0.3 is 0 Å². The summed E-state index contributed by atoms with van der Waals surface area (Å²) in [5.41, 5.74) is 1.28. The quantitative estimate of drug-likeness (QED) is 0.830. The summed E-state index contributed by atoms with van der Waals surface area (Å²) in [5, 5.41) is 0.534. The molecule has 0 aromatic heterocycles. The van der Waals surface area contributed by atoms with Crippen LogP contribution >= 0.6 is 11.6 Å². The average Bonchev–Trinajstić information content (AvgIpc) is 2.50. The molecule has 0 radical (unpaired) electrons. The Kier molecular flexibility index (Phi) is 4.98. The zero-order chi connectivity index (χ0) is 16.3. The fraction of sp³-hybridized carbons (Fsp3) is 0.250. The van der Waals surface area contributed by atoms with Crippen molar-refractivity contribution in [1.82, 2.24) is 0 Å². The highest BCUT2D eigenvalue weighted by Crippen LogP contribution is 2.30. The van der Waals surface area contributed by atoms with E-state index in [2.05, 4.69) is 0 Å². The first kappa shape index (κ1) is 16.6. The van der Waals surface area contributed by atoms with Crippen LogP contribution in [0.3, 0.4) is 0 Å². The number of ether oxygens (including phenoxy) is 1. The molecule has 0 N–H and O–H groups in total. The largest absolute Gasteiger partial charge is 0.494 e. The molecular weight excluding hydrogens is 322 g/mol. The van der Waals surface area contributed by atoms with E-state index in [1.165, 1.54) is 23.5 Å². The van der Waals surface area contributed by atoms with Crippen molar-refractivity contribution in [3.05, 3.63) is 53.1 Å². The van der Waals surface area contributed by atoms with E-state index < -0.39 is 10.0 Å². The van der Waals surface area contributed by atoms with E-state index in [-0.39, 0.29) is 4.90 Å². The van der Waals surface area contributed by atoms with Crippen LogP contribution in [0, 0.1) is 6.92 Å². The van der Waals surface area contributed by atoms with E-state index in [4.69, 9.17) is 16.3 Å². The number of anilines is 1. The lowest BCUT2D eigenvalue weighted by molar-refractivity contribution is 0.340. The zero-order valence-electron chi connectivity index (χ0n) is 12.7. The molecule has 0 saturated heterocycles. The molecule has 6 heteroatoms. The van der Waals surface area contributed by atoms with Crippen molar-refractivity contribution >= 4 is 27.3 Å². The van der Waals surface area contributed by atoms with Crippen LogP contribution in [0.4, 0.5) is 5.69 Å². The van der Waals surface area contributed by atoms with Crippen molar-refractivity contribution in [2.45, 2.75) is 18.7 Å². The van der Waals surface area contributed by atoms with Gasteiger partial charge in [-0.15, -0.1) is 0 Å². The molecule has 0 unspecified atom stereocenters. The molecule has 0 aliphatic carbocycles. The van der Waals surface area contributed by atoms with Crippen LogP contribution in [-0.2, 0) is 10.0 Å². The molecule has 22 heavy (non-hydrogen) atoms. The maximum absolute atomic E-state index is 12.7. The number of hydrogen-bond acceptors (Lipinski definition) is 3. The Morgan fingerprint density at radius 1 is 1.14 bits per heavy atom. The molecule has 0 saturated carbocycles. The van der Waals surface area contributed by atoms with Gasteiger partial charge in [-0.2, -0.15) is 0 Å². The Hall–Kier alpha value is -1.72. The van der Waals surface area contributed by atoms with Crippen molar-refractivity contribution < 1.29 is 13.2 Å². The summed E-state index contributed by atoms with van der Waals surface area (Å²) in [6.45, 7) is 4.20. The Morgan fingerprint density at radius 3 is 2.36 bits per heavy atom. The molecule has 0 fully saturated rings. The minimum atomic E-state index is -3.64. The molecule has 2 aromatic carbocycles. The molecule has 2 rings (SSSR count). The summed E-state index contributed by atoms with van der Waals surface area (Å²) in [5.74, 6) is 0.642. The topological polar surface area (TPSA) is 46.6 Å². The fourth-order valence-electron chi connectivity index (χ4n) is 2.10. The Labute approximate surface area is 136 Å². The Bertz CT molecular complexity index is 757. The van der Waals surface area contributed by atoms with E-state index in [0.717, 1.165) is 5.56 Å². The second-order valence-electron chi connectivity index (χ2n) is 4.76. The van der Waals surface area contributed by atoms with Gasteiger partial charge in [-0.1, -0.05) is 17.7 Å². The van der Waals surface area contributed by atoms with Crippen molar-refractivity contribution in [2.75, 3.05) is 18.0 Å². The normalized spacial score (nSPS) is 11.3. The van der Waals surface area contributed by atoms with Gasteiger partial charge in [-0.3, -0.25) is 4.31 Å². The number of sulfonamides is 1. The predicted molar refractivity (Wildman–Crippen MR) is 89.4 cm³/mol. The molecule has 0 atom stereocenters. The van der Waals surface area contributed by atoms with Gasteiger partial charge in [0.05, 0.1) is 17.2 Å². The number of rotatable bonds is 5. The first-order valence-corrected chi connectivity index (χ1v) is 8.66. The van der Waals surface area contributed by atoms with Crippen LogP contribution in [-0.4, -0.2) is 22.1 Å². The van der Waals surface area contributed by atoms with Gasteiger partial charge in [0.15, 0.2) is 0 Å². The SMILES string of the molecule is CCOc1ccc(S(=O)(=O)N(C)c2cccc(Cl)c2C)cc1. The number of nitrogens with zero attached hydrogens (tertiary/aromatic N) is 1. The highest BCUT2D eigenvalue weighted by molar-refractivity contribution is 7.92. The molecule has 0 amide bonds. The molecule has 4 nitrogen and oxygen atoms in total. The highest BCUT2D eigenvalue weighted by atomic mass is 35.5. The Balaban J connectivity index is 2.39. The molecule has 2 aromatic rings. The molecule has 0 aliphatic rings. The summed E-state index contributed by atoms with van der Waals surface area (Å²) in [6.07, 6.45) is 0. The van der Waals surface area contributed by atoms with Crippen LogP contribution < -0.4 is 9.04 Å². The van der Waals surface area contributed by atoms with E-state index in [0.29, 0.717) is 23.1 Å². The van der Waals surface area contributed by atoms with Gasteiger partial charge in [-0.25, -0.2) is 8.42 Å². The van der Waals surface area contributed by atoms with Gasteiger partial charge in [0.25, 0.3) is 10.0 Å². The first-order chi connectivity index (χ1) is 10.4. The predicted octanol–water partition coefficient (Wildman–Crippen LogP) is 3.87. The van der Waals surface area contributed by atoms with Crippen molar-refractivity contribution in [3.63, 3.8) is 0 Å². The van der Waals surface area contributed by atoms with Crippen LogP contribution in [0.2, 0.25) is 5.02 Å². The maximum Gasteiger partial charge on any atom is 0.264 e. The van der Waals surface area contributed by atoms with Gasteiger partial charge in [0.2, 0.25) is 0 Å². The van der Waals surface area contributed by atoms with E-state index in [9.17, 15) is 8.42 Å². The van der Waals surface area contributed by atoms with Crippen molar-refractivity contribution in [1.29, 1.82) is 0 Å². The molecule has 118 valence electrons. The summed E-state index contributed by atoms with van der Waals surface area (Å²) in [7, 11) is -2.13. The van der Waals surface area contributed by atoms with Gasteiger partial charge < -0.3 is 4.74 Å². The second-order valence-corrected chi connectivity index (χ2v) is 7.14. The van der Waals surface area contributed by atoms with E-state index in [1.807, 2.05) is 6.92 Å². The minimum absolute atomic E-state index is 0.206. The summed E-state index contributed by atoms with van der Waals surface area (Å²) >= 11 is 6.07. The highest BCUT2D eigenvalue weighted by Gasteiger charge is 2.23. The van der Waals surface area contributed by atoms with Crippen molar-refractivity contribution in [3.8, 4) is 5.75 Å². The van der Waals surface area contributed by atoms with Gasteiger partial charge in [0.1, 0.15) is 5.75 Å². The maximum atomic E-state index is 12.7. The van der Waals surface area contributed by atoms with E-state index >= 15 is 0 Å². The molecule has 0 bridgehead atoms. The minimum Gasteiger partial charge on any atom is -0.494 e. The van der Waals surface area contributed by atoms with Crippen LogP contribution in [0.25, 0.3) is 0 Å². The fourth-order valence-corrected chi connectivity index (χ4v) is 3.52. The lowest BCUT2D eigenvalue weighted by Gasteiger charge is -2.22. The number of benzene rings is 2. The number of hydrogen-bond donors (Lipinski definition) is 0. The second kappa shape index (κ2) is 6.58. The molecular formula is C16H18ClNO3S. The zero-order valence-corrected chi connectivity index (χ0v) is 14.3. The lowest BCUT2D eigenvalue weighted by Crippen LogP contribution is -2.27. The monoisotopic (exact) mass is 339 g/mol. The molecule has 0 heterocycles.